The number of fused-ring (bicyclic) bond motifs is 1. The van der Waals surface area contributed by atoms with Crippen LogP contribution in [-0.4, -0.2) is 21.5 Å². The van der Waals surface area contributed by atoms with Crippen molar-refractivity contribution in [2.45, 2.75) is 32.2 Å². The number of aromatic amines is 1. The van der Waals surface area contributed by atoms with Crippen LogP contribution in [0.2, 0.25) is 0 Å². The van der Waals surface area contributed by atoms with E-state index in [9.17, 15) is 0 Å². The van der Waals surface area contributed by atoms with Crippen LogP contribution in [0.15, 0.2) is 12.3 Å². The van der Waals surface area contributed by atoms with Gasteiger partial charge >= 0.3 is 0 Å². The molecule has 3 heterocycles. The lowest BCUT2D eigenvalue weighted by molar-refractivity contribution is 0.412. The summed E-state index contributed by atoms with van der Waals surface area (Å²) in [5.74, 6) is 1.02. The number of nitrogens with one attached hydrogen (secondary N) is 2. The van der Waals surface area contributed by atoms with Gasteiger partial charge in [-0.3, -0.25) is 0 Å². The maximum atomic E-state index is 4.60. The first-order valence-electron chi connectivity index (χ1n) is 5.76. The van der Waals surface area contributed by atoms with E-state index in [1.54, 1.807) is 0 Å². The topological polar surface area (TPSA) is 53.6 Å². The van der Waals surface area contributed by atoms with Crippen LogP contribution in [0, 0.1) is 6.92 Å². The highest BCUT2D eigenvalue weighted by Gasteiger charge is 2.33. The van der Waals surface area contributed by atoms with E-state index >= 15 is 0 Å². The Hall–Kier alpha value is -1.42. The van der Waals surface area contributed by atoms with Crippen LogP contribution < -0.4 is 5.32 Å². The van der Waals surface area contributed by atoms with Gasteiger partial charge in [0.2, 0.25) is 0 Å². The second-order valence-electron chi connectivity index (χ2n) is 4.77. The maximum Gasteiger partial charge on any atom is 0.178 e. The minimum Gasteiger partial charge on any atom is -0.339 e. The molecule has 2 N–H and O–H groups in total. The Kier molecular flexibility index (Phi) is 2.01. The summed E-state index contributed by atoms with van der Waals surface area (Å²) in [5, 5.41) is 3.51. The molecule has 84 valence electrons. The number of pyridine rings is 1. The standard InChI is InChI=1S/C12H16N4/c1-8-4-7-13-10-9(8)15-11(16-10)12(2)5-3-6-14-12/h4,7,14H,3,5-6H2,1-2H3,(H,13,15,16). The zero-order valence-corrected chi connectivity index (χ0v) is 9.67. The van der Waals surface area contributed by atoms with Gasteiger partial charge in [-0.25, -0.2) is 9.97 Å². The monoisotopic (exact) mass is 216 g/mol. The molecule has 0 bridgehead atoms. The Balaban J connectivity index is 2.15. The molecule has 1 saturated heterocycles. The van der Waals surface area contributed by atoms with Gasteiger partial charge in [-0.2, -0.15) is 0 Å². The highest BCUT2D eigenvalue weighted by molar-refractivity contribution is 5.74. The van der Waals surface area contributed by atoms with Gasteiger partial charge in [0.1, 0.15) is 5.82 Å². The van der Waals surface area contributed by atoms with E-state index < -0.39 is 0 Å². The summed E-state index contributed by atoms with van der Waals surface area (Å²) in [4.78, 5) is 12.3. The minimum atomic E-state index is -0.00681. The third-order valence-corrected chi connectivity index (χ3v) is 3.49. The van der Waals surface area contributed by atoms with Crippen LogP contribution in [0.3, 0.4) is 0 Å². The van der Waals surface area contributed by atoms with E-state index in [1.165, 1.54) is 12.0 Å². The summed E-state index contributed by atoms with van der Waals surface area (Å²) in [7, 11) is 0. The van der Waals surface area contributed by atoms with Crippen molar-refractivity contribution in [3.8, 4) is 0 Å². The highest BCUT2D eigenvalue weighted by Crippen LogP contribution is 2.29. The average Bonchev–Trinajstić information content (AvgIpc) is 2.85. The molecular formula is C12H16N4. The largest absolute Gasteiger partial charge is 0.339 e. The van der Waals surface area contributed by atoms with Gasteiger partial charge in [0.15, 0.2) is 5.65 Å². The summed E-state index contributed by atoms with van der Waals surface area (Å²) in [6.45, 7) is 5.35. The fraction of sp³-hybridized carbons (Fsp3) is 0.500. The van der Waals surface area contributed by atoms with Crippen molar-refractivity contribution in [3.63, 3.8) is 0 Å². The Bertz CT molecular complexity index is 523. The predicted molar refractivity (Wildman–Crippen MR) is 63.2 cm³/mol. The number of rotatable bonds is 1. The summed E-state index contributed by atoms with van der Waals surface area (Å²) >= 11 is 0. The number of H-pyrrole nitrogens is 1. The summed E-state index contributed by atoms with van der Waals surface area (Å²) in [5.41, 5.74) is 3.08. The van der Waals surface area contributed by atoms with Gasteiger partial charge < -0.3 is 10.3 Å². The SMILES string of the molecule is Cc1ccnc2nc(C3(C)CCCN3)[nH]c12. The molecular weight excluding hydrogens is 200 g/mol. The number of hydrogen-bond donors (Lipinski definition) is 2. The zero-order chi connectivity index (χ0) is 11.2. The van der Waals surface area contributed by atoms with E-state index in [-0.39, 0.29) is 5.54 Å². The van der Waals surface area contributed by atoms with Gasteiger partial charge in [0.05, 0.1) is 11.1 Å². The Morgan fingerprint density at radius 1 is 1.44 bits per heavy atom. The van der Waals surface area contributed by atoms with E-state index in [1.807, 2.05) is 12.3 Å². The fourth-order valence-corrected chi connectivity index (χ4v) is 2.39. The molecule has 16 heavy (non-hydrogen) atoms. The Labute approximate surface area is 94.5 Å². The van der Waals surface area contributed by atoms with Gasteiger partial charge in [0, 0.05) is 6.20 Å². The van der Waals surface area contributed by atoms with E-state index in [0.717, 1.165) is 30.0 Å². The van der Waals surface area contributed by atoms with Crippen LogP contribution in [0.1, 0.15) is 31.2 Å². The normalized spacial score (nSPS) is 25.4. The lowest BCUT2D eigenvalue weighted by atomic mass is 10.00. The van der Waals surface area contributed by atoms with Crippen LogP contribution in [0.4, 0.5) is 0 Å². The molecule has 0 aliphatic carbocycles. The zero-order valence-electron chi connectivity index (χ0n) is 9.67. The molecule has 0 amide bonds. The minimum absolute atomic E-state index is 0.00681. The number of aromatic nitrogens is 3. The third kappa shape index (κ3) is 1.33. The van der Waals surface area contributed by atoms with Crippen LogP contribution >= 0.6 is 0 Å². The van der Waals surface area contributed by atoms with Crippen molar-refractivity contribution in [2.24, 2.45) is 0 Å². The lowest BCUT2D eigenvalue weighted by Crippen LogP contribution is -2.34. The summed E-state index contributed by atoms with van der Waals surface area (Å²) in [6.07, 6.45) is 4.15. The van der Waals surface area contributed by atoms with Crippen molar-refractivity contribution < 1.29 is 0 Å². The van der Waals surface area contributed by atoms with E-state index in [0.29, 0.717) is 0 Å². The molecule has 0 radical (unpaired) electrons. The molecule has 0 spiro atoms. The molecule has 4 nitrogen and oxygen atoms in total. The second kappa shape index (κ2) is 3.28. The first-order valence-corrected chi connectivity index (χ1v) is 5.76. The Morgan fingerprint density at radius 2 is 2.31 bits per heavy atom. The molecule has 4 heteroatoms. The lowest BCUT2D eigenvalue weighted by Gasteiger charge is -2.20. The van der Waals surface area contributed by atoms with Crippen molar-refractivity contribution in [3.05, 3.63) is 23.7 Å². The van der Waals surface area contributed by atoms with E-state index in [2.05, 4.69) is 34.1 Å². The summed E-state index contributed by atoms with van der Waals surface area (Å²) < 4.78 is 0. The molecule has 1 aliphatic heterocycles. The fourth-order valence-electron chi connectivity index (χ4n) is 2.39. The molecule has 2 aromatic rings. The number of nitrogens with zero attached hydrogens (tertiary/aromatic N) is 2. The first-order chi connectivity index (χ1) is 7.69. The van der Waals surface area contributed by atoms with Crippen molar-refractivity contribution in [1.29, 1.82) is 0 Å². The number of imidazole rings is 1. The third-order valence-electron chi connectivity index (χ3n) is 3.49. The molecule has 1 unspecified atom stereocenters. The summed E-state index contributed by atoms with van der Waals surface area (Å²) in [6, 6.07) is 2.01. The highest BCUT2D eigenvalue weighted by atomic mass is 15.1. The quantitative estimate of drug-likeness (QED) is 0.765. The molecule has 0 saturated carbocycles. The van der Waals surface area contributed by atoms with Crippen molar-refractivity contribution in [2.75, 3.05) is 6.54 Å². The van der Waals surface area contributed by atoms with Gasteiger partial charge in [0.25, 0.3) is 0 Å². The van der Waals surface area contributed by atoms with Crippen molar-refractivity contribution in [1.82, 2.24) is 20.3 Å². The molecule has 0 aromatic carbocycles. The van der Waals surface area contributed by atoms with Gasteiger partial charge in [-0.05, 0) is 44.9 Å². The second-order valence-corrected chi connectivity index (χ2v) is 4.77. The van der Waals surface area contributed by atoms with Crippen LogP contribution in [0.5, 0.6) is 0 Å². The molecule has 1 fully saturated rings. The van der Waals surface area contributed by atoms with Gasteiger partial charge in [-0.1, -0.05) is 0 Å². The van der Waals surface area contributed by atoms with Crippen LogP contribution in [0.25, 0.3) is 11.2 Å². The van der Waals surface area contributed by atoms with Crippen LogP contribution in [-0.2, 0) is 5.54 Å². The average molecular weight is 216 g/mol. The van der Waals surface area contributed by atoms with Crippen molar-refractivity contribution >= 4 is 11.2 Å². The first kappa shape index (κ1) is 9.78. The van der Waals surface area contributed by atoms with Gasteiger partial charge in [-0.15, -0.1) is 0 Å². The maximum absolute atomic E-state index is 4.60. The Morgan fingerprint density at radius 3 is 3.00 bits per heavy atom. The molecule has 1 atom stereocenters. The molecule has 3 rings (SSSR count). The number of hydrogen-bond acceptors (Lipinski definition) is 3. The predicted octanol–water partition coefficient (Wildman–Crippen LogP) is 1.86. The molecule has 1 aliphatic rings. The molecule has 2 aromatic heterocycles. The van der Waals surface area contributed by atoms with E-state index in [4.69, 9.17) is 0 Å². The number of aryl methyl sites for hydroxylation is 1. The smallest absolute Gasteiger partial charge is 0.178 e.